The van der Waals surface area contributed by atoms with Gasteiger partial charge in [0.1, 0.15) is 17.4 Å². The summed E-state index contributed by atoms with van der Waals surface area (Å²) in [4.78, 5) is 22.5. The fourth-order valence-electron chi connectivity index (χ4n) is 2.11. The molecule has 0 saturated carbocycles. The number of nitrogens with zero attached hydrogens (tertiary/aromatic N) is 2. The van der Waals surface area contributed by atoms with Crippen molar-refractivity contribution in [1.29, 1.82) is 5.26 Å². The molecule has 0 spiro atoms. The maximum Gasteiger partial charge on any atom is 0.273 e. The highest BCUT2D eigenvalue weighted by Gasteiger charge is 2.15. The van der Waals surface area contributed by atoms with E-state index in [0.717, 1.165) is 5.56 Å². The SMILES string of the molecule is COc1cc([N+](=O)[O-])ccc1NC(=O)/C(C#N)=C\NCc1ccc(Cl)cc1. The summed E-state index contributed by atoms with van der Waals surface area (Å²) in [5.74, 6) is -0.558. The lowest BCUT2D eigenvalue weighted by molar-refractivity contribution is -0.384. The van der Waals surface area contributed by atoms with Crippen molar-refractivity contribution in [2.24, 2.45) is 0 Å². The van der Waals surface area contributed by atoms with E-state index in [1.54, 1.807) is 18.2 Å². The van der Waals surface area contributed by atoms with Crippen molar-refractivity contribution < 1.29 is 14.5 Å². The zero-order valence-corrected chi connectivity index (χ0v) is 15.0. The van der Waals surface area contributed by atoms with Crippen LogP contribution in [-0.2, 0) is 11.3 Å². The minimum Gasteiger partial charge on any atom is -0.494 e. The summed E-state index contributed by atoms with van der Waals surface area (Å²) in [6.45, 7) is 0.399. The van der Waals surface area contributed by atoms with Crippen LogP contribution in [0.2, 0.25) is 5.02 Å². The molecule has 2 aromatic rings. The van der Waals surface area contributed by atoms with E-state index in [9.17, 15) is 20.2 Å². The Kier molecular flexibility index (Phi) is 6.74. The normalized spacial score (nSPS) is 10.6. The van der Waals surface area contributed by atoms with Crippen LogP contribution in [0.1, 0.15) is 5.56 Å². The Bertz CT molecular complexity index is 920. The Balaban J connectivity index is 2.07. The predicted molar refractivity (Wildman–Crippen MR) is 100 cm³/mol. The highest BCUT2D eigenvalue weighted by Crippen LogP contribution is 2.29. The highest BCUT2D eigenvalue weighted by molar-refractivity contribution is 6.30. The molecule has 2 aromatic carbocycles. The number of methoxy groups -OCH3 is 1. The van der Waals surface area contributed by atoms with Crippen LogP contribution >= 0.6 is 11.6 Å². The molecular formula is C18H15ClN4O4. The first-order chi connectivity index (χ1) is 12.9. The largest absolute Gasteiger partial charge is 0.494 e. The number of ether oxygens (including phenoxy) is 1. The highest BCUT2D eigenvalue weighted by atomic mass is 35.5. The van der Waals surface area contributed by atoms with Gasteiger partial charge in [0.25, 0.3) is 11.6 Å². The molecule has 0 saturated heterocycles. The van der Waals surface area contributed by atoms with Gasteiger partial charge in [-0.2, -0.15) is 5.26 Å². The van der Waals surface area contributed by atoms with Crippen LogP contribution in [0.3, 0.4) is 0 Å². The average Bonchev–Trinajstić information content (AvgIpc) is 2.66. The molecule has 0 radical (unpaired) electrons. The lowest BCUT2D eigenvalue weighted by Crippen LogP contribution is -2.17. The first-order valence-electron chi connectivity index (χ1n) is 7.66. The monoisotopic (exact) mass is 386 g/mol. The maximum absolute atomic E-state index is 12.3. The minimum absolute atomic E-state index is 0.115. The molecule has 0 fully saturated rings. The molecule has 0 aliphatic heterocycles. The minimum atomic E-state index is -0.673. The summed E-state index contributed by atoms with van der Waals surface area (Å²) in [7, 11) is 1.32. The van der Waals surface area contributed by atoms with Gasteiger partial charge in [0.2, 0.25) is 0 Å². The second kappa shape index (κ2) is 9.22. The van der Waals surface area contributed by atoms with Gasteiger partial charge >= 0.3 is 0 Å². The number of benzene rings is 2. The second-order valence-corrected chi connectivity index (χ2v) is 5.71. The van der Waals surface area contributed by atoms with Crippen LogP contribution in [-0.4, -0.2) is 17.9 Å². The van der Waals surface area contributed by atoms with E-state index in [1.165, 1.54) is 31.5 Å². The molecule has 0 heterocycles. The Hall–Kier alpha value is -3.57. The van der Waals surface area contributed by atoms with Crippen LogP contribution in [0.25, 0.3) is 0 Å². The first-order valence-corrected chi connectivity index (χ1v) is 8.04. The van der Waals surface area contributed by atoms with Crippen molar-refractivity contribution >= 4 is 28.9 Å². The van der Waals surface area contributed by atoms with Crippen LogP contribution in [0, 0.1) is 21.4 Å². The number of nitriles is 1. The van der Waals surface area contributed by atoms with Crippen molar-refractivity contribution in [3.63, 3.8) is 0 Å². The molecule has 2 rings (SSSR count). The lowest BCUT2D eigenvalue weighted by Gasteiger charge is -2.09. The van der Waals surface area contributed by atoms with Crippen LogP contribution in [0.15, 0.2) is 54.2 Å². The number of rotatable bonds is 7. The summed E-state index contributed by atoms with van der Waals surface area (Å²) in [6, 6.07) is 12.7. The molecule has 2 N–H and O–H groups in total. The van der Waals surface area contributed by atoms with E-state index in [-0.39, 0.29) is 22.7 Å². The molecular weight excluding hydrogens is 372 g/mol. The number of nitro benzene ring substituents is 1. The van der Waals surface area contributed by atoms with E-state index in [2.05, 4.69) is 10.6 Å². The van der Waals surface area contributed by atoms with Crippen molar-refractivity contribution in [2.45, 2.75) is 6.54 Å². The predicted octanol–water partition coefficient (Wildman–Crippen LogP) is 3.39. The van der Waals surface area contributed by atoms with E-state index in [1.807, 2.05) is 12.1 Å². The smallest absolute Gasteiger partial charge is 0.273 e. The van der Waals surface area contributed by atoms with Crippen molar-refractivity contribution in [1.82, 2.24) is 5.32 Å². The number of carbonyl (C=O) groups is 1. The number of amides is 1. The Labute approximate surface area is 160 Å². The van der Waals surface area contributed by atoms with Crippen molar-refractivity contribution in [3.8, 4) is 11.8 Å². The lowest BCUT2D eigenvalue weighted by atomic mass is 10.2. The van der Waals surface area contributed by atoms with Gasteiger partial charge in [0, 0.05) is 23.8 Å². The van der Waals surface area contributed by atoms with E-state index in [0.29, 0.717) is 11.6 Å². The zero-order valence-electron chi connectivity index (χ0n) is 14.2. The summed E-state index contributed by atoms with van der Waals surface area (Å²) in [6.07, 6.45) is 1.29. The zero-order chi connectivity index (χ0) is 19.8. The van der Waals surface area contributed by atoms with E-state index >= 15 is 0 Å². The average molecular weight is 387 g/mol. The van der Waals surface area contributed by atoms with Gasteiger partial charge in [-0.1, -0.05) is 23.7 Å². The molecule has 8 nitrogen and oxygen atoms in total. The molecule has 0 aliphatic rings. The fourth-order valence-corrected chi connectivity index (χ4v) is 2.23. The molecule has 0 unspecified atom stereocenters. The molecule has 0 aromatic heterocycles. The number of nitro groups is 1. The summed E-state index contributed by atoms with van der Waals surface area (Å²) in [5, 5.41) is 26.0. The first kappa shape index (κ1) is 19.8. The van der Waals surface area contributed by atoms with Crippen molar-refractivity contribution in [2.75, 3.05) is 12.4 Å². The fraction of sp³-hybridized carbons (Fsp3) is 0.111. The van der Waals surface area contributed by atoms with Gasteiger partial charge in [-0.3, -0.25) is 14.9 Å². The molecule has 9 heteroatoms. The number of carbonyl (C=O) groups excluding carboxylic acids is 1. The van der Waals surface area contributed by atoms with Crippen LogP contribution in [0.4, 0.5) is 11.4 Å². The third-order valence-corrected chi connectivity index (χ3v) is 3.73. The second-order valence-electron chi connectivity index (χ2n) is 5.27. The van der Waals surface area contributed by atoms with Gasteiger partial charge in [-0.15, -0.1) is 0 Å². The Morgan fingerprint density at radius 2 is 2.04 bits per heavy atom. The van der Waals surface area contributed by atoms with Gasteiger partial charge in [0.15, 0.2) is 0 Å². The number of halogens is 1. The molecule has 138 valence electrons. The standard InChI is InChI=1S/C18H15ClN4O4/c1-27-17-8-15(23(25)26)6-7-16(17)22-18(24)13(9-20)11-21-10-12-2-4-14(19)5-3-12/h2-8,11,21H,10H2,1H3,(H,22,24)/b13-11-. The van der Waals surface area contributed by atoms with Crippen LogP contribution in [0.5, 0.6) is 5.75 Å². The van der Waals surface area contributed by atoms with E-state index in [4.69, 9.17) is 16.3 Å². The number of hydrogen-bond acceptors (Lipinski definition) is 6. The van der Waals surface area contributed by atoms with Gasteiger partial charge < -0.3 is 15.4 Å². The molecule has 0 aliphatic carbocycles. The molecule has 0 bridgehead atoms. The number of anilines is 1. The quantitative estimate of drug-likeness (QED) is 0.326. The molecule has 1 amide bonds. The van der Waals surface area contributed by atoms with Gasteiger partial charge in [-0.25, -0.2) is 0 Å². The third-order valence-electron chi connectivity index (χ3n) is 3.48. The topological polar surface area (TPSA) is 117 Å². The number of non-ortho nitro benzene ring substituents is 1. The summed E-state index contributed by atoms with van der Waals surface area (Å²) < 4.78 is 5.05. The number of nitrogens with one attached hydrogen (secondary N) is 2. The maximum atomic E-state index is 12.3. The van der Waals surface area contributed by atoms with Gasteiger partial charge in [-0.05, 0) is 23.8 Å². The van der Waals surface area contributed by atoms with Crippen LogP contribution < -0.4 is 15.4 Å². The summed E-state index contributed by atoms with van der Waals surface area (Å²) in [5.41, 5.74) is 0.798. The summed E-state index contributed by atoms with van der Waals surface area (Å²) >= 11 is 5.81. The third kappa shape index (κ3) is 5.45. The Morgan fingerprint density at radius 1 is 1.33 bits per heavy atom. The van der Waals surface area contributed by atoms with Gasteiger partial charge in [0.05, 0.1) is 23.8 Å². The molecule has 0 atom stereocenters. The van der Waals surface area contributed by atoms with E-state index < -0.39 is 10.8 Å². The molecule has 27 heavy (non-hydrogen) atoms. The van der Waals surface area contributed by atoms with Crippen molar-refractivity contribution in [3.05, 3.63) is 74.9 Å². The Morgan fingerprint density at radius 3 is 2.63 bits per heavy atom. The number of hydrogen-bond donors (Lipinski definition) is 2.